The number of carbonyl (C=O) groups excluding carboxylic acids is 1. The van der Waals surface area contributed by atoms with E-state index in [0.29, 0.717) is 23.8 Å². The van der Waals surface area contributed by atoms with Gasteiger partial charge in [-0.3, -0.25) is 4.79 Å². The first-order valence-corrected chi connectivity index (χ1v) is 9.20. The molecule has 3 heteroatoms. The van der Waals surface area contributed by atoms with Gasteiger partial charge in [0.15, 0.2) is 0 Å². The first kappa shape index (κ1) is 15.6. The minimum absolute atomic E-state index is 0.347. The lowest BCUT2D eigenvalue weighted by molar-refractivity contribution is -0.134. The normalized spacial score (nSPS) is 24.3. The molecule has 0 bridgehead atoms. The Morgan fingerprint density at radius 3 is 2.67 bits per heavy atom. The van der Waals surface area contributed by atoms with Gasteiger partial charge in [0.1, 0.15) is 0 Å². The van der Waals surface area contributed by atoms with Crippen LogP contribution in [-0.2, 0) is 11.3 Å². The fourth-order valence-electron chi connectivity index (χ4n) is 3.84. The van der Waals surface area contributed by atoms with E-state index in [1.165, 1.54) is 16.3 Å². The smallest absolute Gasteiger partial charge is 0.225 e. The van der Waals surface area contributed by atoms with Gasteiger partial charge in [0.2, 0.25) is 5.91 Å². The van der Waals surface area contributed by atoms with E-state index in [0.717, 1.165) is 38.9 Å². The molecule has 0 spiro atoms. The fraction of sp³-hybridized carbons (Fsp3) is 0.476. The predicted octanol–water partition coefficient (Wildman–Crippen LogP) is 3.58. The molecule has 1 saturated heterocycles. The second kappa shape index (κ2) is 6.56. The Labute approximate surface area is 144 Å². The van der Waals surface area contributed by atoms with Gasteiger partial charge in [0.25, 0.3) is 0 Å². The average Bonchev–Trinajstić information content (AvgIpc) is 3.45. The van der Waals surface area contributed by atoms with Crippen molar-refractivity contribution in [2.45, 2.75) is 38.8 Å². The Hall–Kier alpha value is -1.87. The van der Waals surface area contributed by atoms with Crippen LogP contribution in [0.4, 0.5) is 0 Å². The van der Waals surface area contributed by atoms with Gasteiger partial charge in [-0.15, -0.1) is 0 Å². The first-order chi connectivity index (χ1) is 11.7. The van der Waals surface area contributed by atoms with Crippen LogP contribution in [0.2, 0.25) is 0 Å². The quantitative estimate of drug-likeness (QED) is 0.933. The zero-order chi connectivity index (χ0) is 16.5. The predicted molar refractivity (Wildman–Crippen MR) is 97.7 cm³/mol. The van der Waals surface area contributed by atoms with E-state index in [1.807, 2.05) is 0 Å². The maximum absolute atomic E-state index is 12.2. The van der Waals surface area contributed by atoms with E-state index >= 15 is 0 Å². The molecule has 0 aromatic heterocycles. The van der Waals surface area contributed by atoms with Gasteiger partial charge >= 0.3 is 0 Å². The fourth-order valence-corrected chi connectivity index (χ4v) is 3.84. The minimum atomic E-state index is 0.347. The van der Waals surface area contributed by atoms with Crippen LogP contribution in [0.15, 0.2) is 42.5 Å². The number of nitrogens with one attached hydrogen (secondary N) is 1. The maximum Gasteiger partial charge on any atom is 0.225 e. The molecule has 2 aliphatic rings. The lowest BCUT2D eigenvalue weighted by atomic mass is 9.93. The molecule has 0 radical (unpaired) electrons. The second-order valence-corrected chi connectivity index (χ2v) is 7.49. The van der Waals surface area contributed by atoms with Crippen LogP contribution in [0, 0.1) is 11.8 Å². The maximum atomic E-state index is 12.2. The van der Waals surface area contributed by atoms with E-state index in [9.17, 15) is 4.79 Å². The van der Waals surface area contributed by atoms with Gasteiger partial charge in [0.05, 0.1) is 0 Å². The van der Waals surface area contributed by atoms with Crippen LogP contribution in [-0.4, -0.2) is 29.9 Å². The Morgan fingerprint density at radius 2 is 1.92 bits per heavy atom. The van der Waals surface area contributed by atoms with E-state index in [4.69, 9.17) is 0 Å². The molecule has 2 aromatic rings. The SMILES string of the molecule is C[C@H]1CN(C(=O)C2CC2)CC[C@@H]1NCc1ccc2ccccc2c1. The van der Waals surface area contributed by atoms with Crippen LogP contribution < -0.4 is 5.32 Å². The summed E-state index contributed by atoms with van der Waals surface area (Å²) in [5.74, 6) is 1.26. The standard InChI is InChI=1S/C21H26N2O/c1-15-14-23(21(24)18-8-9-18)11-10-20(15)22-13-16-6-7-17-4-2-3-5-19(17)12-16/h2-7,12,15,18,20,22H,8-11,13-14H2,1H3/t15-,20-/m0/s1. The lowest BCUT2D eigenvalue weighted by Gasteiger charge is -2.37. The van der Waals surface area contributed by atoms with E-state index < -0.39 is 0 Å². The summed E-state index contributed by atoms with van der Waals surface area (Å²) in [6, 6.07) is 15.7. The van der Waals surface area contributed by atoms with E-state index in [-0.39, 0.29) is 0 Å². The summed E-state index contributed by atoms with van der Waals surface area (Å²) in [6.07, 6.45) is 3.27. The molecule has 2 fully saturated rings. The summed E-state index contributed by atoms with van der Waals surface area (Å²) in [4.78, 5) is 14.3. The zero-order valence-corrected chi connectivity index (χ0v) is 14.4. The van der Waals surface area contributed by atoms with Gasteiger partial charge in [-0.1, -0.05) is 43.3 Å². The van der Waals surface area contributed by atoms with Crippen LogP contribution in [0.3, 0.4) is 0 Å². The van der Waals surface area contributed by atoms with E-state index in [1.54, 1.807) is 0 Å². The Bertz CT molecular complexity index is 737. The number of benzene rings is 2. The number of carbonyl (C=O) groups is 1. The second-order valence-electron chi connectivity index (χ2n) is 7.49. The molecule has 1 amide bonds. The van der Waals surface area contributed by atoms with Gasteiger partial charge in [-0.25, -0.2) is 0 Å². The number of likely N-dealkylation sites (tertiary alicyclic amines) is 1. The molecular weight excluding hydrogens is 296 g/mol. The molecule has 1 saturated carbocycles. The third-order valence-electron chi connectivity index (χ3n) is 5.53. The third-order valence-corrected chi connectivity index (χ3v) is 5.53. The zero-order valence-electron chi connectivity index (χ0n) is 14.4. The topological polar surface area (TPSA) is 32.3 Å². The van der Waals surface area contributed by atoms with E-state index in [2.05, 4.69) is 59.6 Å². The van der Waals surface area contributed by atoms with Crippen molar-refractivity contribution in [2.75, 3.05) is 13.1 Å². The Balaban J connectivity index is 1.34. The van der Waals surface area contributed by atoms with Crippen molar-refractivity contribution >= 4 is 16.7 Å². The Morgan fingerprint density at radius 1 is 1.12 bits per heavy atom. The van der Waals surface area contributed by atoms with Crippen LogP contribution in [0.1, 0.15) is 31.7 Å². The third kappa shape index (κ3) is 3.32. The highest BCUT2D eigenvalue weighted by Gasteiger charge is 2.36. The number of hydrogen-bond donors (Lipinski definition) is 1. The van der Waals surface area contributed by atoms with Gasteiger partial charge in [-0.05, 0) is 47.6 Å². The molecule has 1 aliphatic carbocycles. The van der Waals surface area contributed by atoms with Crippen molar-refractivity contribution in [3.05, 3.63) is 48.0 Å². The number of piperidine rings is 1. The number of nitrogens with zero attached hydrogens (tertiary/aromatic N) is 1. The van der Waals surface area contributed by atoms with Crippen molar-refractivity contribution in [1.82, 2.24) is 10.2 Å². The van der Waals surface area contributed by atoms with Gasteiger partial charge in [-0.2, -0.15) is 0 Å². The Kier molecular flexibility index (Phi) is 4.28. The summed E-state index contributed by atoms with van der Waals surface area (Å²) in [7, 11) is 0. The minimum Gasteiger partial charge on any atom is -0.342 e. The number of fused-ring (bicyclic) bond motifs is 1. The summed E-state index contributed by atoms with van der Waals surface area (Å²) < 4.78 is 0. The number of amides is 1. The monoisotopic (exact) mass is 322 g/mol. The molecule has 1 aliphatic heterocycles. The van der Waals surface area contributed by atoms with Gasteiger partial charge in [0, 0.05) is 31.6 Å². The van der Waals surface area contributed by atoms with Gasteiger partial charge < -0.3 is 10.2 Å². The lowest BCUT2D eigenvalue weighted by Crippen LogP contribution is -2.50. The van der Waals surface area contributed by atoms with Crippen molar-refractivity contribution < 1.29 is 4.79 Å². The van der Waals surface area contributed by atoms with Crippen molar-refractivity contribution in [3.63, 3.8) is 0 Å². The summed E-state index contributed by atoms with van der Waals surface area (Å²) in [5.41, 5.74) is 1.33. The van der Waals surface area contributed by atoms with Crippen LogP contribution in [0.25, 0.3) is 10.8 Å². The van der Waals surface area contributed by atoms with Crippen LogP contribution in [0.5, 0.6) is 0 Å². The largest absolute Gasteiger partial charge is 0.342 e. The number of rotatable bonds is 4. The molecule has 1 heterocycles. The summed E-state index contributed by atoms with van der Waals surface area (Å²) >= 11 is 0. The van der Waals surface area contributed by atoms with Crippen LogP contribution >= 0.6 is 0 Å². The molecule has 0 unspecified atom stereocenters. The summed E-state index contributed by atoms with van der Waals surface area (Å²) in [6.45, 7) is 4.99. The van der Waals surface area contributed by atoms with Crippen molar-refractivity contribution in [2.24, 2.45) is 11.8 Å². The molecule has 1 N–H and O–H groups in total. The molecule has 4 rings (SSSR count). The highest BCUT2D eigenvalue weighted by Crippen LogP contribution is 2.32. The first-order valence-electron chi connectivity index (χ1n) is 9.20. The highest BCUT2D eigenvalue weighted by atomic mass is 16.2. The number of hydrogen-bond acceptors (Lipinski definition) is 2. The van der Waals surface area contributed by atoms with Crippen molar-refractivity contribution in [1.29, 1.82) is 0 Å². The summed E-state index contributed by atoms with van der Waals surface area (Å²) in [5, 5.41) is 6.31. The molecule has 3 nitrogen and oxygen atoms in total. The molecule has 2 atom stereocenters. The highest BCUT2D eigenvalue weighted by molar-refractivity contribution is 5.83. The van der Waals surface area contributed by atoms with Crippen molar-refractivity contribution in [3.8, 4) is 0 Å². The molecule has 126 valence electrons. The average molecular weight is 322 g/mol. The molecular formula is C21H26N2O. The molecule has 24 heavy (non-hydrogen) atoms. The molecule has 2 aromatic carbocycles.